The highest BCUT2D eigenvalue weighted by atomic mass is 16.3. The zero-order valence-electron chi connectivity index (χ0n) is 13.7. The third-order valence-corrected chi connectivity index (χ3v) is 4.92. The molecule has 0 aromatic heterocycles. The first-order valence-corrected chi connectivity index (χ1v) is 8.83. The number of hydrogen-bond donors (Lipinski definition) is 2. The van der Waals surface area contributed by atoms with Crippen molar-refractivity contribution in [2.45, 2.75) is 76.9 Å². The largest absolute Gasteiger partial charge is 0.393 e. The van der Waals surface area contributed by atoms with E-state index in [1.54, 1.807) is 6.92 Å². The Bertz CT molecular complexity index is 378. The summed E-state index contributed by atoms with van der Waals surface area (Å²) in [5, 5.41) is 12.4. The van der Waals surface area contributed by atoms with Gasteiger partial charge in [-0.3, -0.25) is 9.59 Å². The molecular formula is C17H30N2O3. The molecule has 0 bridgehead atoms. The van der Waals surface area contributed by atoms with E-state index in [1.807, 2.05) is 4.90 Å². The lowest BCUT2D eigenvalue weighted by molar-refractivity contribution is -0.132. The van der Waals surface area contributed by atoms with Crippen molar-refractivity contribution in [3.63, 3.8) is 0 Å². The molecule has 0 spiro atoms. The Morgan fingerprint density at radius 1 is 1.18 bits per heavy atom. The number of nitrogens with one attached hydrogen (secondary N) is 1. The Morgan fingerprint density at radius 2 is 1.91 bits per heavy atom. The Labute approximate surface area is 133 Å². The first-order valence-electron chi connectivity index (χ1n) is 8.83. The molecule has 2 unspecified atom stereocenters. The topological polar surface area (TPSA) is 69.6 Å². The van der Waals surface area contributed by atoms with Crippen LogP contribution in [0.2, 0.25) is 0 Å². The van der Waals surface area contributed by atoms with Crippen molar-refractivity contribution in [3.8, 4) is 0 Å². The molecule has 1 aliphatic carbocycles. The summed E-state index contributed by atoms with van der Waals surface area (Å²) in [7, 11) is 0. The fourth-order valence-electron chi connectivity index (χ4n) is 3.75. The Morgan fingerprint density at radius 3 is 2.59 bits per heavy atom. The first kappa shape index (κ1) is 17.3. The molecule has 1 saturated heterocycles. The van der Waals surface area contributed by atoms with Gasteiger partial charge >= 0.3 is 0 Å². The van der Waals surface area contributed by atoms with Gasteiger partial charge in [-0.1, -0.05) is 19.3 Å². The number of aliphatic hydroxyl groups is 1. The number of carbonyl (C=O) groups is 2. The van der Waals surface area contributed by atoms with Crippen LogP contribution < -0.4 is 5.32 Å². The van der Waals surface area contributed by atoms with E-state index in [0.717, 1.165) is 45.1 Å². The number of rotatable bonds is 6. The van der Waals surface area contributed by atoms with E-state index in [1.165, 1.54) is 6.42 Å². The maximum absolute atomic E-state index is 12.3. The van der Waals surface area contributed by atoms with Crippen molar-refractivity contribution < 1.29 is 14.7 Å². The Balaban J connectivity index is 1.69. The van der Waals surface area contributed by atoms with Crippen molar-refractivity contribution in [2.24, 2.45) is 5.92 Å². The van der Waals surface area contributed by atoms with Crippen molar-refractivity contribution in [1.29, 1.82) is 0 Å². The molecule has 2 N–H and O–H groups in total. The summed E-state index contributed by atoms with van der Waals surface area (Å²) in [5.74, 6) is 0.375. The molecule has 5 heteroatoms. The third kappa shape index (κ3) is 4.97. The second kappa shape index (κ2) is 8.51. The molecule has 2 aliphatic rings. The fraction of sp³-hybridized carbons (Fsp3) is 0.882. The van der Waals surface area contributed by atoms with Gasteiger partial charge in [0.25, 0.3) is 0 Å². The van der Waals surface area contributed by atoms with Crippen molar-refractivity contribution in [3.05, 3.63) is 0 Å². The highest BCUT2D eigenvalue weighted by Gasteiger charge is 2.29. The van der Waals surface area contributed by atoms with E-state index in [9.17, 15) is 14.7 Å². The van der Waals surface area contributed by atoms with Crippen molar-refractivity contribution in [2.75, 3.05) is 13.1 Å². The van der Waals surface area contributed by atoms with Gasteiger partial charge in [0.1, 0.15) is 0 Å². The standard InChI is InChI=1S/C17H30N2O3/c1-13(20)12-15-8-5-11-19(15)16(21)9-10-18-17(22)14-6-3-2-4-7-14/h13-15,20H,2-12H2,1H3,(H,18,22). The van der Waals surface area contributed by atoms with E-state index >= 15 is 0 Å². The highest BCUT2D eigenvalue weighted by Crippen LogP contribution is 2.24. The lowest BCUT2D eigenvalue weighted by atomic mass is 9.89. The molecular weight excluding hydrogens is 280 g/mol. The minimum absolute atomic E-state index is 0.104. The van der Waals surface area contributed by atoms with Crippen LogP contribution in [0.5, 0.6) is 0 Å². The summed E-state index contributed by atoms with van der Waals surface area (Å²) in [6.07, 6.45) is 8.14. The normalized spacial score (nSPS) is 24.3. The van der Waals surface area contributed by atoms with E-state index in [4.69, 9.17) is 0 Å². The van der Waals surface area contributed by atoms with Crippen LogP contribution in [-0.2, 0) is 9.59 Å². The number of amides is 2. The van der Waals surface area contributed by atoms with Crippen molar-refractivity contribution in [1.82, 2.24) is 10.2 Å². The lowest BCUT2D eigenvalue weighted by Crippen LogP contribution is -2.40. The van der Waals surface area contributed by atoms with Gasteiger partial charge in [0.2, 0.25) is 11.8 Å². The predicted molar refractivity (Wildman–Crippen MR) is 85.2 cm³/mol. The summed E-state index contributed by atoms with van der Waals surface area (Å²) in [6, 6.07) is 0.168. The predicted octanol–water partition coefficient (Wildman–Crippen LogP) is 1.83. The Kier molecular flexibility index (Phi) is 6.68. The van der Waals surface area contributed by atoms with Crippen LogP contribution >= 0.6 is 0 Å². The molecule has 2 rings (SSSR count). The number of aliphatic hydroxyl groups excluding tert-OH is 1. The fourth-order valence-corrected chi connectivity index (χ4v) is 3.75. The minimum Gasteiger partial charge on any atom is -0.393 e. The number of nitrogens with zero attached hydrogens (tertiary/aromatic N) is 1. The quantitative estimate of drug-likeness (QED) is 0.786. The molecule has 126 valence electrons. The zero-order valence-corrected chi connectivity index (χ0v) is 13.7. The van der Waals surface area contributed by atoms with Crippen LogP contribution in [0.4, 0.5) is 0 Å². The van der Waals surface area contributed by atoms with Gasteiger partial charge in [0, 0.05) is 31.5 Å². The smallest absolute Gasteiger partial charge is 0.224 e. The molecule has 0 radical (unpaired) electrons. The number of likely N-dealkylation sites (tertiary alicyclic amines) is 1. The highest BCUT2D eigenvalue weighted by molar-refractivity contribution is 5.80. The number of carbonyl (C=O) groups excluding carboxylic acids is 2. The first-order chi connectivity index (χ1) is 10.6. The van der Waals surface area contributed by atoms with Gasteiger partial charge < -0.3 is 15.3 Å². The Hall–Kier alpha value is -1.10. The summed E-state index contributed by atoms with van der Waals surface area (Å²) in [5.41, 5.74) is 0. The maximum Gasteiger partial charge on any atom is 0.224 e. The SMILES string of the molecule is CC(O)CC1CCCN1C(=O)CCNC(=O)C1CCCCC1. The van der Waals surface area contributed by atoms with E-state index in [0.29, 0.717) is 19.4 Å². The van der Waals surface area contributed by atoms with Gasteiger partial charge in [0.05, 0.1) is 6.10 Å². The van der Waals surface area contributed by atoms with Gasteiger partial charge in [-0.25, -0.2) is 0 Å². The third-order valence-electron chi connectivity index (χ3n) is 4.92. The van der Waals surface area contributed by atoms with Crippen LogP contribution in [0, 0.1) is 5.92 Å². The van der Waals surface area contributed by atoms with E-state index in [-0.39, 0.29) is 29.9 Å². The second-order valence-electron chi connectivity index (χ2n) is 6.84. The van der Waals surface area contributed by atoms with Crippen molar-refractivity contribution >= 4 is 11.8 Å². The summed E-state index contributed by atoms with van der Waals surface area (Å²) < 4.78 is 0. The average Bonchev–Trinajstić information content (AvgIpc) is 2.95. The second-order valence-corrected chi connectivity index (χ2v) is 6.84. The lowest BCUT2D eigenvalue weighted by Gasteiger charge is -2.26. The van der Waals surface area contributed by atoms with Crippen LogP contribution in [0.3, 0.4) is 0 Å². The average molecular weight is 310 g/mol. The summed E-state index contributed by atoms with van der Waals surface area (Å²) in [6.45, 7) is 2.99. The van der Waals surface area contributed by atoms with E-state index in [2.05, 4.69) is 5.32 Å². The van der Waals surface area contributed by atoms with Gasteiger partial charge in [-0.2, -0.15) is 0 Å². The molecule has 2 atom stereocenters. The molecule has 1 heterocycles. The van der Waals surface area contributed by atoms with Crippen LogP contribution in [0.1, 0.15) is 64.7 Å². The zero-order chi connectivity index (χ0) is 15.9. The van der Waals surface area contributed by atoms with Crippen LogP contribution in [0.25, 0.3) is 0 Å². The molecule has 2 amide bonds. The maximum atomic E-state index is 12.3. The summed E-state index contributed by atoms with van der Waals surface area (Å²) >= 11 is 0. The van der Waals surface area contributed by atoms with Gasteiger partial charge in [-0.05, 0) is 39.0 Å². The molecule has 1 aliphatic heterocycles. The van der Waals surface area contributed by atoms with Crippen LogP contribution in [-0.4, -0.2) is 47.1 Å². The van der Waals surface area contributed by atoms with E-state index < -0.39 is 0 Å². The number of hydrogen-bond acceptors (Lipinski definition) is 3. The molecule has 2 fully saturated rings. The molecule has 5 nitrogen and oxygen atoms in total. The molecule has 1 saturated carbocycles. The monoisotopic (exact) mass is 310 g/mol. The summed E-state index contributed by atoms with van der Waals surface area (Å²) in [4.78, 5) is 26.2. The molecule has 22 heavy (non-hydrogen) atoms. The van der Waals surface area contributed by atoms with Crippen LogP contribution in [0.15, 0.2) is 0 Å². The minimum atomic E-state index is -0.371. The van der Waals surface area contributed by atoms with Gasteiger partial charge in [0.15, 0.2) is 0 Å². The van der Waals surface area contributed by atoms with Gasteiger partial charge in [-0.15, -0.1) is 0 Å². The molecule has 0 aromatic carbocycles. The molecule has 0 aromatic rings.